The van der Waals surface area contributed by atoms with E-state index in [9.17, 15) is 0 Å². The zero-order valence-electron chi connectivity index (χ0n) is 8.79. The Kier molecular flexibility index (Phi) is 5.02. The molecule has 1 aromatic rings. The third-order valence-electron chi connectivity index (χ3n) is 2.07. The van der Waals surface area contributed by atoms with Crippen molar-refractivity contribution in [3.8, 4) is 5.75 Å². The van der Waals surface area contributed by atoms with E-state index in [1.807, 2.05) is 19.1 Å². The first-order valence-electron chi connectivity index (χ1n) is 5.08. The summed E-state index contributed by atoms with van der Waals surface area (Å²) in [6, 6.07) is 8.36. The Hall–Kier alpha value is -0.500. The lowest BCUT2D eigenvalue weighted by Gasteiger charge is -2.05. The molecule has 1 rings (SSSR count). The standard InChI is InChI=1S/C12H17BrO/c1-3-14-12-8-6-11(7-9-12)5-4-10(2)13/h6-10H,3-5H2,1-2H3. The summed E-state index contributed by atoms with van der Waals surface area (Å²) in [6.07, 6.45) is 2.30. The topological polar surface area (TPSA) is 9.23 Å². The molecule has 0 aliphatic rings. The van der Waals surface area contributed by atoms with Crippen molar-refractivity contribution >= 4 is 15.9 Å². The van der Waals surface area contributed by atoms with Gasteiger partial charge in [-0.2, -0.15) is 0 Å². The summed E-state index contributed by atoms with van der Waals surface area (Å²) in [4.78, 5) is 0.592. The Morgan fingerprint density at radius 3 is 2.43 bits per heavy atom. The number of rotatable bonds is 5. The van der Waals surface area contributed by atoms with Gasteiger partial charge >= 0.3 is 0 Å². The van der Waals surface area contributed by atoms with Crippen LogP contribution in [0.3, 0.4) is 0 Å². The first-order chi connectivity index (χ1) is 6.72. The summed E-state index contributed by atoms with van der Waals surface area (Å²) in [6.45, 7) is 4.91. The van der Waals surface area contributed by atoms with Gasteiger partial charge in [-0.3, -0.25) is 0 Å². The van der Waals surface area contributed by atoms with Crippen molar-refractivity contribution in [1.29, 1.82) is 0 Å². The molecule has 0 fully saturated rings. The van der Waals surface area contributed by atoms with Crippen LogP contribution >= 0.6 is 15.9 Å². The predicted octanol–water partition coefficient (Wildman–Crippen LogP) is 3.80. The number of ether oxygens (including phenoxy) is 1. The number of hydrogen-bond donors (Lipinski definition) is 0. The lowest BCUT2D eigenvalue weighted by Crippen LogP contribution is -1.95. The van der Waals surface area contributed by atoms with Crippen LogP contribution in [0.1, 0.15) is 25.8 Å². The fourth-order valence-corrected chi connectivity index (χ4v) is 1.51. The number of benzene rings is 1. The molecule has 0 N–H and O–H groups in total. The second-order valence-electron chi connectivity index (χ2n) is 3.40. The fourth-order valence-electron chi connectivity index (χ4n) is 1.28. The molecule has 1 atom stereocenters. The minimum absolute atomic E-state index is 0.592. The molecule has 0 aliphatic carbocycles. The molecule has 2 heteroatoms. The SMILES string of the molecule is CCOc1ccc(CCC(C)Br)cc1. The van der Waals surface area contributed by atoms with E-state index in [1.54, 1.807) is 0 Å². The maximum atomic E-state index is 5.38. The molecule has 0 bridgehead atoms. The minimum Gasteiger partial charge on any atom is -0.494 e. The van der Waals surface area contributed by atoms with E-state index < -0.39 is 0 Å². The predicted molar refractivity (Wildman–Crippen MR) is 64.3 cm³/mol. The molecule has 0 saturated carbocycles. The molecule has 1 unspecified atom stereocenters. The van der Waals surface area contributed by atoms with Gasteiger partial charge in [0.2, 0.25) is 0 Å². The van der Waals surface area contributed by atoms with E-state index in [1.165, 1.54) is 12.0 Å². The molecule has 0 aliphatic heterocycles. The van der Waals surface area contributed by atoms with Gasteiger partial charge in [0.05, 0.1) is 6.61 Å². The normalized spacial score (nSPS) is 12.5. The summed E-state index contributed by atoms with van der Waals surface area (Å²) >= 11 is 3.55. The molecule has 0 spiro atoms. The Balaban J connectivity index is 2.46. The van der Waals surface area contributed by atoms with Crippen LogP contribution in [0.4, 0.5) is 0 Å². The van der Waals surface area contributed by atoms with Gasteiger partial charge in [-0.25, -0.2) is 0 Å². The third-order valence-corrected chi connectivity index (χ3v) is 2.52. The Morgan fingerprint density at radius 1 is 1.29 bits per heavy atom. The summed E-state index contributed by atoms with van der Waals surface area (Å²) in [5, 5.41) is 0. The van der Waals surface area contributed by atoms with E-state index in [-0.39, 0.29) is 0 Å². The van der Waals surface area contributed by atoms with Gasteiger partial charge in [0, 0.05) is 4.83 Å². The number of hydrogen-bond acceptors (Lipinski definition) is 1. The van der Waals surface area contributed by atoms with Crippen LogP contribution in [0.15, 0.2) is 24.3 Å². The smallest absolute Gasteiger partial charge is 0.119 e. The van der Waals surface area contributed by atoms with Crippen LogP contribution in [0.5, 0.6) is 5.75 Å². The zero-order chi connectivity index (χ0) is 10.4. The average Bonchev–Trinajstić information content (AvgIpc) is 2.17. The molecule has 0 aromatic heterocycles. The summed E-state index contributed by atoms with van der Waals surface area (Å²) in [5.74, 6) is 0.961. The van der Waals surface area contributed by atoms with Gasteiger partial charge in [0.15, 0.2) is 0 Å². The van der Waals surface area contributed by atoms with Crippen LogP contribution in [-0.4, -0.2) is 11.4 Å². The van der Waals surface area contributed by atoms with Crippen LogP contribution in [0.25, 0.3) is 0 Å². The van der Waals surface area contributed by atoms with Crippen LogP contribution in [-0.2, 0) is 6.42 Å². The van der Waals surface area contributed by atoms with Crippen molar-refractivity contribution < 1.29 is 4.74 Å². The van der Waals surface area contributed by atoms with E-state index >= 15 is 0 Å². The summed E-state index contributed by atoms with van der Waals surface area (Å²) in [5.41, 5.74) is 1.37. The molecule has 1 nitrogen and oxygen atoms in total. The maximum absolute atomic E-state index is 5.38. The van der Waals surface area contributed by atoms with E-state index in [4.69, 9.17) is 4.74 Å². The van der Waals surface area contributed by atoms with Gasteiger partial charge in [0.25, 0.3) is 0 Å². The largest absolute Gasteiger partial charge is 0.494 e. The first kappa shape index (κ1) is 11.6. The molecule has 78 valence electrons. The average molecular weight is 257 g/mol. The fraction of sp³-hybridized carbons (Fsp3) is 0.500. The lowest BCUT2D eigenvalue weighted by molar-refractivity contribution is 0.340. The van der Waals surface area contributed by atoms with E-state index in [0.717, 1.165) is 18.8 Å². The highest BCUT2D eigenvalue weighted by Crippen LogP contribution is 2.15. The van der Waals surface area contributed by atoms with E-state index in [2.05, 4.69) is 35.0 Å². The molecule has 1 aromatic carbocycles. The summed E-state index contributed by atoms with van der Waals surface area (Å²) < 4.78 is 5.38. The van der Waals surface area contributed by atoms with Crippen molar-refractivity contribution in [2.24, 2.45) is 0 Å². The maximum Gasteiger partial charge on any atom is 0.119 e. The second-order valence-corrected chi connectivity index (χ2v) is 4.96. The Morgan fingerprint density at radius 2 is 1.93 bits per heavy atom. The second kappa shape index (κ2) is 6.07. The Bertz CT molecular complexity index is 254. The van der Waals surface area contributed by atoms with Crippen molar-refractivity contribution in [1.82, 2.24) is 0 Å². The van der Waals surface area contributed by atoms with Gasteiger partial charge in [-0.05, 0) is 37.5 Å². The van der Waals surface area contributed by atoms with Gasteiger partial charge < -0.3 is 4.74 Å². The first-order valence-corrected chi connectivity index (χ1v) is 5.99. The molecule has 0 radical (unpaired) electrons. The number of alkyl halides is 1. The molecular formula is C12H17BrO. The van der Waals surface area contributed by atoms with E-state index in [0.29, 0.717) is 4.83 Å². The van der Waals surface area contributed by atoms with Crippen molar-refractivity contribution in [3.63, 3.8) is 0 Å². The van der Waals surface area contributed by atoms with Gasteiger partial charge in [-0.1, -0.05) is 35.0 Å². The lowest BCUT2D eigenvalue weighted by atomic mass is 10.1. The van der Waals surface area contributed by atoms with Gasteiger partial charge in [0.1, 0.15) is 5.75 Å². The van der Waals surface area contributed by atoms with Crippen molar-refractivity contribution in [3.05, 3.63) is 29.8 Å². The van der Waals surface area contributed by atoms with Gasteiger partial charge in [-0.15, -0.1) is 0 Å². The van der Waals surface area contributed by atoms with Crippen molar-refractivity contribution in [2.45, 2.75) is 31.5 Å². The molecule has 0 heterocycles. The highest BCUT2D eigenvalue weighted by atomic mass is 79.9. The number of halogens is 1. The zero-order valence-corrected chi connectivity index (χ0v) is 10.4. The number of aryl methyl sites for hydroxylation is 1. The highest BCUT2D eigenvalue weighted by Gasteiger charge is 1.98. The molecular weight excluding hydrogens is 240 g/mol. The monoisotopic (exact) mass is 256 g/mol. The van der Waals surface area contributed by atoms with Crippen LogP contribution < -0.4 is 4.74 Å². The minimum atomic E-state index is 0.592. The van der Waals surface area contributed by atoms with Crippen LogP contribution in [0.2, 0.25) is 0 Å². The molecule has 0 saturated heterocycles. The highest BCUT2D eigenvalue weighted by molar-refractivity contribution is 9.09. The van der Waals surface area contributed by atoms with Crippen molar-refractivity contribution in [2.75, 3.05) is 6.61 Å². The summed E-state index contributed by atoms with van der Waals surface area (Å²) in [7, 11) is 0. The Labute approximate surface area is 94.6 Å². The third kappa shape index (κ3) is 4.14. The van der Waals surface area contributed by atoms with Crippen LogP contribution in [0, 0.1) is 0 Å². The molecule has 0 amide bonds. The quantitative estimate of drug-likeness (QED) is 0.729. The molecule has 14 heavy (non-hydrogen) atoms.